The number of nitrogens with zero attached hydrogens (tertiary/aromatic N) is 4. The largest absolute Gasteiger partial charge is 0.354 e. The summed E-state index contributed by atoms with van der Waals surface area (Å²) in [5.74, 6) is 1.41. The average Bonchev–Trinajstić information content (AvgIpc) is 2.46. The molecule has 0 atom stereocenters. The number of hydrogen-bond donors (Lipinski definition) is 0. The maximum absolute atomic E-state index is 6.05. The van der Waals surface area contributed by atoms with E-state index in [0.717, 1.165) is 50.6 Å². The topological polar surface area (TPSA) is 22.6 Å². The first-order valence-electron chi connectivity index (χ1n) is 6.92. The highest BCUT2D eigenvalue weighted by Crippen LogP contribution is 2.22. The second kappa shape index (κ2) is 7.46. The van der Waals surface area contributed by atoms with Crippen LogP contribution < -0.4 is 4.90 Å². The molecule has 0 saturated carbocycles. The van der Waals surface area contributed by atoms with Crippen molar-refractivity contribution in [3.8, 4) is 0 Å². The molecule has 1 saturated heterocycles. The zero-order valence-corrected chi connectivity index (χ0v) is 13.7. The summed E-state index contributed by atoms with van der Waals surface area (Å²) in [4.78, 5) is 11.4. The summed E-state index contributed by atoms with van der Waals surface area (Å²) in [5.41, 5.74) is 0.952. The van der Waals surface area contributed by atoms with Crippen molar-refractivity contribution in [2.24, 2.45) is 0 Å². The van der Waals surface area contributed by atoms with E-state index >= 15 is 0 Å². The molecule has 0 N–H and O–H groups in total. The quantitative estimate of drug-likeness (QED) is 0.776. The molecule has 20 heavy (non-hydrogen) atoms. The molecule has 0 aliphatic carbocycles. The fourth-order valence-electron chi connectivity index (χ4n) is 2.29. The molecule has 1 fully saturated rings. The van der Waals surface area contributed by atoms with Gasteiger partial charge in [0, 0.05) is 51.3 Å². The predicted molar refractivity (Wildman–Crippen MR) is 86.0 cm³/mol. The minimum Gasteiger partial charge on any atom is -0.354 e. The second-order valence-corrected chi connectivity index (χ2v) is 6.07. The Bertz CT molecular complexity index is 431. The van der Waals surface area contributed by atoms with Gasteiger partial charge in [-0.05, 0) is 25.7 Å². The summed E-state index contributed by atoms with van der Waals surface area (Å²) < 4.78 is 0. The van der Waals surface area contributed by atoms with Crippen molar-refractivity contribution in [3.63, 3.8) is 0 Å². The average molecular weight is 317 g/mol. The van der Waals surface area contributed by atoms with Gasteiger partial charge in [0.25, 0.3) is 0 Å². The molecule has 1 aliphatic rings. The molecular formula is C14H22Cl2N4. The molecule has 1 aliphatic heterocycles. The third kappa shape index (κ3) is 4.22. The van der Waals surface area contributed by atoms with Gasteiger partial charge in [0.15, 0.2) is 0 Å². The van der Waals surface area contributed by atoms with Gasteiger partial charge >= 0.3 is 0 Å². The Hall–Kier alpha value is -0.550. The van der Waals surface area contributed by atoms with Crippen LogP contribution in [0.5, 0.6) is 0 Å². The SMILES string of the molecule is CN(C)CCN1CCN(c2cc(CCl)c(Cl)cn2)CC1. The van der Waals surface area contributed by atoms with E-state index in [1.807, 2.05) is 6.07 Å². The number of anilines is 1. The zero-order valence-electron chi connectivity index (χ0n) is 12.1. The van der Waals surface area contributed by atoms with Crippen LogP contribution in [-0.4, -0.2) is 68.1 Å². The van der Waals surface area contributed by atoms with Gasteiger partial charge in [-0.15, -0.1) is 11.6 Å². The standard InChI is InChI=1S/C14H22Cl2N4/c1-18(2)3-4-19-5-7-20(8-6-19)14-9-12(10-15)13(16)11-17-14/h9,11H,3-8,10H2,1-2H3. The molecule has 2 rings (SSSR count). The summed E-state index contributed by atoms with van der Waals surface area (Å²) in [5, 5.41) is 0.647. The number of rotatable bonds is 5. The van der Waals surface area contributed by atoms with E-state index in [9.17, 15) is 0 Å². The van der Waals surface area contributed by atoms with Crippen molar-refractivity contribution >= 4 is 29.0 Å². The molecule has 0 radical (unpaired) electrons. The molecule has 0 spiro atoms. The number of hydrogen-bond acceptors (Lipinski definition) is 4. The van der Waals surface area contributed by atoms with Crippen LogP contribution in [0.15, 0.2) is 12.3 Å². The Morgan fingerprint density at radius 2 is 1.95 bits per heavy atom. The lowest BCUT2D eigenvalue weighted by Gasteiger charge is -2.36. The van der Waals surface area contributed by atoms with Crippen molar-refractivity contribution in [2.45, 2.75) is 5.88 Å². The fourth-order valence-corrected chi connectivity index (χ4v) is 2.74. The summed E-state index contributed by atoms with van der Waals surface area (Å²) in [7, 11) is 4.23. The van der Waals surface area contributed by atoms with Crippen LogP contribution >= 0.6 is 23.2 Å². The molecule has 112 valence electrons. The first kappa shape index (κ1) is 15.8. The minimum atomic E-state index is 0.428. The van der Waals surface area contributed by atoms with E-state index in [0.29, 0.717) is 10.9 Å². The first-order valence-corrected chi connectivity index (χ1v) is 7.84. The number of halogens is 2. The maximum atomic E-state index is 6.05. The first-order chi connectivity index (χ1) is 9.60. The van der Waals surface area contributed by atoms with Crippen LogP contribution in [0.25, 0.3) is 0 Å². The van der Waals surface area contributed by atoms with E-state index in [2.05, 4.69) is 33.8 Å². The van der Waals surface area contributed by atoms with Crippen molar-refractivity contribution in [3.05, 3.63) is 22.8 Å². The lowest BCUT2D eigenvalue weighted by molar-refractivity contribution is 0.229. The van der Waals surface area contributed by atoms with E-state index in [1.54, 1.807) is 6.20 Å². The minimum absolute atomic E-state index is 0.428. The molecule has 1 aromatic heterocycles. The van der Waals surface area contributed by atoms with Crippen LogP contribution in [0.2, 0.25) is 5.02 Å². The molecule has 0 aromatic carbocycles. The number of alkyl halides is 1. The lowest BCUT2D eigenvalue weighted by Crippen LogP contribution is -2.48. The molecule has 0 unspecified atom stereocenters. The predicted octanol–water partition coefficient (Wildman–Crippen LogP) is 2.16. The number of likely N-dealkylation sites (N-methyl/N-ethyl adjacent to an activating group) is 1. The van der Waals surface area contributed by atoms with Gasteiger partial charge in [0.2, 0.25) is 0 Å². The summed E-state index contributed by atoms with van der Waals surface area (Å²) >= 11 is 11.9. The Labute approximate surface area is 131 Å². The Kier molecular flexibility index (Phi) is 5.90. The number of aromatic nitrogens is 1. The number of pyridine rings is 1. The van der Waals surface area contributed by atoms with Gasteiger partial charge in [-0.1, -0.05) is 11.6 Å². The maximum Gasteiger partial charge on any atom is 0.128 e. The van der Waals surface area contributed by atoms with Crippen molar-refractivity contribution in [1.82, 2.24) is 14.8 Å². The molecular weight excluding hydrogens is 295 g/mol. The van der Waals surface area contributed by atoms with E-state index in [1.165, 1.54) is 0 Å². The third-order valence-corrected chi connectivity index (χ3v) is 4.25. The molecule has 4 nitrogen and oxygen atoms in total. The van der Waals surface area contributed by atoms with Gasteiger partial charge in [-0.25, -0.2) is 4.98 Å². The third-order valence-electron chi connectivity index (χ3n) is 3.62. The highest BCUT2D eigenvalue weighted by Gasteiger charge is 2.18. The Morgan fingerprint density at radius 3 is 2.55 bits per heavy atom. The zero-order chi connectivity index (χ0) is 14.5. The molecule has 0 amide bonds. The fraction of sp³-hybridized carbons (Fsp3) is 0.643. The second-order valence-electron chi connectivity index (χ2n) is 5.40. The van der Waals surface area contributed by atoms with Gasteiger partial charge < -0.3 is 9.80 Å². The highest BCUT2D eigenvalue weighted by molar-refractivity contribution is 6.32. The van der Waals surface area contributed by atoms with Gasteiger partial charge in [0.1, 0.15) is 5.82 Å². The Balaban J connectivity index is 1.90. The smallest absolute Gasteiger partial charge is 0.128 e. The van der Waals surface area contributed by atoms with Crippen LogP contribution in [0, 0.1) is 0 Å². The molecule has 0 bridgehead atoms. The number of piperazine rings is 1. The van der Waals surface area contributed by atoms with E-state index in [-0.39, 0.29) is 0 Å². The highest BCUT2D eigenvalue weighted by atomic mass is 35.5. The van der Waals surface area contributed by atoms with Crippen LogP contribution in [0.1, 0.15) is 5.56 Å². The van der Waals surface area contributed by atoms with E-state index < -0.39 is 0 Å². The van der Waals surface area contributed by atoms with Gasteiger partial charge in [0.05, 0.1) is 5.02 Å². The molecule has 2 heterocycles. The van der Waals surface area contributed by atoms with Crippen LogP contribution in [0.4, 0.5) is 5.82 Å². The van der Waals surface area contributed by atoms with Crippen molar-refractivity contribution < 1.29 is 0 Å². The van der Waals surface area contributed by atoms with Crippen molar-refractivity contribution in [1.29, 1.82) is 0 Å². The van der Waals surface area contributed by atoms with Gasteiger partial charge in [-0.2, -0.15) is 0 Å². The molecule has 6 heteroatoms. The van der Waals surface area contributed by atoms with Crippen molar-refractivity contribution in [2.75, 3.05) is 58.3 Å². The van der Waals surface area contributed by atoms with Gasteiger partial charge in [-0.3, -0.25) is 4.90 Å². The summed E-state index contributed by atoms with van der Waals surface area (Å²) in [6.07, 6.45) is 1.70. The Morgan fingerprint density at radius 1 is 1.25 bits per heavy atom. The van der Waals surface area contributed by atoms with Crippen LogP contribution in [0.3, 0.4) is 0 Å². The lowest BCUT2D eigenvalue weighted by atomic mass is 10.2. The van der Waals surface area contributed by atoms with E-state index in [4.69, 9.17) is 23.2 Å². The van der Waals surface area contributed by atoms with Crippen LogP contribution in [-0.2, 0) is 5.88 Å². The summed E-state index contributed by atoms with van der Waals surface area (Å²) in [6, 6.07) is 2.00. The summed E-state index contributed by atoms with van der Waals surface area (Å²) in [6.45, 7) is 6.40. The monoisotopic (exact) mass is 316 g/mol. The molecule has 1 aromatic rings. The normalized spacial score (nSPS) is 16.9.